The number of halogens is 1. The molecule has 0 aliphatic rings. The van der Waals surface area contributed by atoms with Gasteiger partial charge >= 0.3 is 0 Å². The maximum Gasteiger partial charge on any atom is 0.0992 e. The maximum atomic E-state index is 8.87. The second-order valence-corrected chi connectivity index (χ2v) is 4.54. The smallest absolute Gasteiger partial charge is 0.0992 e. The molecular weight excluding hydrogens is 256 g/mol. The summed E-state index contributed by atoms with van der Waals surface area (Å²) in [5.74, 6) is 0. The summed E-state index contributed by atoms with van der Waals surface area (Å²) in [5.41, 5.74) is 3.39. The third-order valence-corrected chi connectivity index (χ3v) is 3.10. The molecule has 0 saturated heterocycles. The van der Waals surface area contributed by atoms with Crippen molar-refractivity contribution in [2.75, 3.05) is 11.9 Å². The molecule has 2 rings (SSSR count). The van der Waals surface area contributed by atoms with Gasteiger partial charge in [0, 0.05) is 6.54 Å². The van der Waals surface area contributed by atoms with Crippen LogP contribution in [0.1, 0.15) is 11.1 Å². The van der Waals surface area contributed by atoms with Gasteiger partial charge in [-0.3, -0.25) is 0 Å². The molecule has 1 N–H and O–H groups in total. The summed E-state index contributed by atoms with van der Waals surface area (Å²) >= 11 is 6.08. The average molecular weight is 269 g/mol. The average Bonchev–Trinajstić information content (AvgIpc) is 2.47. The monoisotopic (exact) mass is 268 g/mol. The summed E-state index contributed by atoms with van der Waals surface area (Å²) in [6.45, 7) is 4.62. The van der Waals surface area contributed by atoms with Crippen molar-refractivity contribution in [3.05, 3.63) is 71.3 Å². The van der Waals surface area contributed by atoms with Gasteiger partial charge in [-0.1, -0.05) is 48.5 Å². The van der Waals surface area contributed by atoms with Crippen LogP contribution in [0.5, 0.6) is 0 Å². The summed E-state index contributed by atoms with van der Waals surface area (Å²) in [5, 5.41) is 12.7. The van der Waals surface area contributed by atoms with Crippen molar-refractivity contribution in [3.63, 3.8) is 0 Å². The molecule has 0 radical (unpaired) electrons. The van der Waals surface area contributed by atoms with Crippen molar-refractivity contribution in [2.24, 2.45) is 0 Å². The predicted octanol–water partition coefficient (Wildman–Crippen LogP) is 4.34. The Kier molecular flexibility index (Phi) is 4.22. The Morgan fingerprint density at radius 1 is 1.21 bits per heavy atom. The summed E-state index contributed by atoms with van der Waals surface area (Å²) in [4.78, 5) is 0. The second-order valence-electron chi connectivity index (χ2n) is 4.13. The Morgan fingerprint density at radius 3 is 2.63 bits per heavy atom. The standard InChI is InChI=1S/C16H13ClN2/c1-12(14-5-3-2-4-6-14)11-19-16-9-13(10-18)7-8-15(16)17/h2-9,19H,1,11H2. The van der Waals surface area contributed by atoms with Gasteiger partial charge in [-0.2, -0.15) is 5.26 Å². The van der Waals surface area contributed by atoms with Crippen LogP contribution < -0.4 is 5.32 Å². The van der Waals surface area contributed by atoms with E-state index in [0.717, 1.165) is 16.8 Å². The molecule has 19 heavy (non-hydrogen) atoms. The first-order valence-electron chi connectivity index (χ1n) is 5.87. The van der Waals surface area contributed by atoms with Gasteiger partial charge in [0.05, 0.1) is 22.3 Å². The number of benzene rings is 2. The number of nitriles is 1. The van der Waals surface area contributed by atoms with Crippen molar-refractivity contribution in [1.29, 1.82) is 5.26 Å². The molecule has 0 atom stereocenters. The number of rotatable bonds is 4. The van der Waals surface area contributed by atoms with E-state index in [2.05, 4.69) is 18.0 Å². The molecule has 0 unspecified atom stereocenters. The Bertz CT molecular complexity index is 627. The van der Waals surface area contributed by atoms with E-state index in [0.29, 0.717) is 17.1 Å². The van der Waals surface area contributed by atoms with E-state index < -0.39 is 0 Å². The zero-order chi connectivity index (χ0) is 13.7. The van der Waals surface area contributed by atoms with Crippen LogP contribution in [0.25, 0.3) is 5.57 Å². The zero-order valence-corrected chi connectivity index (χ0v) is 11.1. The number of hydrogen-bond acceptors (Lipinski definition) is 2. The Labute approximate surface area is 118 Å². The molecule has 0 spiro atoms. The fraction of sp³-hybridized carbons (Fsp3) is 0.0625. The van der Waals surface area contributed by atoms with Gasteiger partial charge in [0.15, 0.2) is 0 Å². The normalized spacial score (nSPS) is 9.68. The molecule has 0 bridgehead atoms. The van der Waals surface area contributed by atoms with Gasteiger partial charge in [-0.15, -0.1) is 0 Å². The van der Waals surface area contributed by atoms with Gasteiger partial charge in [0.25, 0.3) is 0 Å². The fourth-order valence-corrected chi connectivity index (χ4v) is 1.89. The Balaban J connectivity index is 2.07. The van der Waals surface area contributed by atoms with Crippen LogP contribution in [0.15, 0.2) is 55.1 Å². The number of nitrogens with zero attached hydrogens (tertiary/aromatic N) is 1. The summed E-state index contributed by atoms with van der Waals surface area (Å²) in [7, 11) is 0. The molecule has 0 amide bonds. The lowest BCUT2D eigenvalue weighted by atomic mass is 10.1. The minimum atomic E-state index is 0.581. The first-order valence-corrected chi connectivity index (χ1v) is 6.25. The van der Waals surface area contributed by atoms with Crippen molar-refractivity contribution >= 4 is 22.9 Å². The van der Waals surface area contributed by atoms with Crippen molar-refractivity contribution in [3.8, 4) is 6.07 Å². The first kappa shape index (κ1) is 13.2. The van der Waals surface area contributed by atoms with Gasteiger partial charge < -0.3 is 5.32 Å². The summed E-state index contributed by atoms with van der Waals surface area (Å²) in [6, 6.07) is 17.2. The van der Waals surface area contributed by atoms with Crippen LogP contribution >= 0.6 is 11.6 Å². The number of anilines is 1. The lowest BCUT2D eigenvalue weighted by molar-refractivity contribution is 1.34. The third-order valence-electron chi connectivity index (χ3n) is 2.77. The van der Waals surface area contributed by atoms with Crippen LogP contribution in [0.3, 0.4) is 0 Å². The molecule has 3 heteroatoms. The zero-order valence-electron chi connectivity index (χ0n) is 10.4. The highest BCUT2D eigenvalue weighted by molar-refractivity contribution is 6.33. The van der Waals surface area contributed by atoms with Crippen LogP contribution in [-0.4, -0.2) is 6.54 Å². The van der Waals surface area contributed by atoms with Crippen LogP contribution in [0.4, 0.5) is 5.69 Å². The largest absolute Gasteiger partial charge is 0.380 e. The molecule has 0 heterocycles. The van der Waals surface area contributed by atoms with E-state index >= 15 is 0 Å². The van der Waals surface area contributed by atoms with Gasteiger partial charge in [0.2, 0.25) is 0 Å². The summed E-state index contributed by atoms with van der Waals surface area (Å²) in [6.07, 6.45) is 0. The Morgan fingerprint density at radius 2 is 1.95 bits per heavy atom. The molecule has 2 aromatic rings. The number of nitrogens with one attached hydrogen (secondary N) is 1. The van der Waals surface area contributed by atoms with Gasteiger partial charge in [-0.05, 0) is 29.3 Å². The topological polar surface area (TPSA) is 35.8 Å². The minimum Gasteiger partial charge on any atom is -0.380 e. The van der Waals surface area contributed by atoms with Gasteiger partial charge in [-0.25, -0.2) is 0 Å². The molecule has 0 fully saturated rings. The van der Waals surface area contributed by atoms with Crippen molar-refractivity contribution in [2.45, 2.75) is 0 Å². The van der Waals surface area contributed by atoms with E-state index in [4.69, 9.17) is 16.9 Å². The summed E-state index contributed by atoms with van der Waals surface area (Å²) < 4.78 is 0. The van der Waals surface area contributed by atoms with E-state index in [1.807, 2.05) is 30.3 Å². The van der Waals surface area contributed by atoms with E-state index in [1.165, 1.54) is 0 Å². The van der Waals surface area contributed by atoms with Gasteiger partial charge in [0.1, 0.15) is 0 Å². The molecule has 0 aromatic heterocycles. The van der Waals surface area contributed by atoms with Crippen LogP contribution in [0.2, 0.25) is 5.02 Å². The highest BCUT2D eigenvalue weighted by Crippen LogP contribution is 2.23. The maximum absolute atomic E-state index is 8.87. The quantitative estimate of drug-likeness (QED) is 0.895. The highest BCUT2D eigenvalue weighted by atomic mass is 35.5. The molecule has 2 nitrogen and oxygen atoms in total. The molecular formula is C16H13ClN2. The van der Waals surface area contributed by atoms with Crippen molar-refractivity contribution < 1.29 is 0 Å². The van der Waals surface area contributed by atoms with E-state index in [-0.39, 0.29) is 0 Å². The lowest BCUT2D eigenvalue weighted by Gasteiger charge is -2.11. The SMILES string of the molecule is C=C(CNc1cc(C#N)ccc1Cl)c1ccccc1. The third kappa shape index (κ3) is 3.37. The highest BCUT2D eigenvalue weighted by Gasteiger charge is 2.03. The van der Waals surface area contributed by atoms with Crippen molar-refractivity contribution in [1.82, 2.24) is 0 Å². The molecule has 0 saturated carbocycles. The minimum absolute atomic E-state index is 0.581. The van der Waals surface area contributed by atoms with Crippen LogP contribution in [-0.2, 0) is 0 Å². The Hall–Kier alpha value is -2.24. The molecule has 2 aromatic carbocycles. The predicted molar refractivity (Wildman–Crippen MR) is 80.1 cm³/mol. The van der Waals surface area contributed by atoms with Crippen LogP contribution in [0, 0.1) is 11.3 Å². The van der Waals surface area contributed by atoms with E-state index in [1.54, 1.807) is 18.2 Å². The first-order chi connectivity index (χ1) is 9.20. The molecule has 0 aliphatic carbocycles. The van der Waals surface area contributed by atoms with E-state index in [9.17, 15) is 0 Å². The molecule has 94 valence electrons. The molecule has 0 aliphatic heterocycles. The number of hydrogen-bond donors (Lipinski definition) is 1. The fourth-order valence-electron chi connectivity index (χ4n) is 1.71. The second kappa shape index (κ2) is 6.08. The lowest BCUT2D eigenvalue weighted by Crippen LogP contribution is -2.04.